The average molecular weight is 471 g/mol. The van der Waals surface area contributed by atoms with E-state index in [0.717, 1.165) is 28.3 Å². The zero-order chi connectivity index (χ0) is 18.1. The molecule has 0 spiro atoms. The van der Waals surface area contributed by atoms with Gasteiger partial charge in [-0.3, -0.25) is 4.99 Å². The number of guanidine groups is 1. The Morgan fingerprint density at radius 1 is 1.04 bits per heavy atom. The normalized spacial score (nSPS) is 10.8. The summed E-state index contributed by atoms with van der Waals surface area (Å²) in [6.45, 7) is 1.05. The van der Waals surface area contributed by atoms with E-state index in [1.807, 2.05) is 42.5 Å². The number of ether oxygens (including phenoxy) is 3. The Bertz CT molecular complexity index is 723. The molecule has 2 aromatic carbocycles. The Morgan fingerprint density at radius 2 is 1.81 bits per heavy atom. The van der Waals surface area contributed by atoms with E-state index in [-0.39, 0.29) is 24.0 Å². The molecular formula is C19H26IN3O3. The van der Waals surface area contributed by atoms with Gasteiger partial charge in [-0.1, -0.05) is 18.2 Å². The Labute approximate surface area is 171 Å². The van der Waals surface area contributed by atoms with Gasteiger partial charge in [0, 0.05) is 24.9 Å². The predicted molar refractivity (Wildman–Crippen MR) is 116 cm³/mol. The molecule has 0 amide bonds. The van der Waals surface area contributed by atoms with Gasteiger partial charge in [0.2, 0.25) is 0 Å². The molecule has 0 aromatic heterocycles. The predicted octanol–water partition coefficient (Wildman–Crippen LogP) is 3.44. The number of nitrogens with one attached hydrogen (secondary N) is 1. The van der Waals surface area contributed by atoms with Gasteiger partial charge in [0.05, 0.1) is 20.8 Å². The minimum absolute atomic E-state index is 0. The van der Waals surface area contributed by atoms with E-state index in [9.17, 15) is 0 Å². The third-order valence-electron chi connectivity index (χ3n) is 3.73. The molecule has 2 rings (SSSR count). The molecule has 0 fully saturated rings. The fourth-order valence-corrected chi connectivity index (χ4v) is 2.48. The van der Waals surface area contributed by atoms with E-state index in [2.05, 4.69) is 10.3 Å². The summed E-state index contributed by atoms with van der Waals surface area (Å²) in [5.41, 5.74) is 8.95. The molecule has 0 radical (unpaired) electrons. The lowest BCUT2D eigenvalue weighted by atomic mass is 10.1. The largest absolute Gasteiger partial charge is 0.497 e. The van der Waals surface area contributed by atoms with Crippen LogP contribution in [0, 0.1) is 0 Å². The number of anilines is 1. The zero-order valence-electron chi connectivity index (χ0n) is 15.3. The highest BCUT2D eigenvalue weighted by atomic mass is 127. The first-order valence-corrected chi connectivity index (χ1v) is 8.02. The Morgan fingerprint density at radius 3 is 2.50 bits per heavy atom. The summed E-state index contributed by atoms with van der Waals surface area (Å²) in [5, 5.41) is 3.12. The van der Waals surface area contributed by atoms with E-state index in [0.29, 0.717) is 25.5 Å². The highest BCUT2D eigenvalue weighted by Crippen LogP contribution is 2.24. The minimum atomic E-state index is 0. The van der Waals surface area contributed by atoms with Gasteiger partial charge in [-0.25, -0.2) is 0 Å². The van der Waals surface area contributed by atoms with E-state index < -0.39 is 0 Å². The molecule has 7 heteroatoms. The highest BCUT2D eigenvalue weighted by molar-refractivity contribution is 14.0. The number of nitrogens with zero attached hydrogens (tertiary/aromatic N) is 1. The van der Waals surface area contributed by atoms with Crippen molar-refractivity contribution in [3.05, 3.63) is 53.6 Å². The first-order valence-electron chi connectivity index (χ1n) is 8.02. The number of halogens is 1. The van der Waals surface area contributed by atoms with Crippen LogP contribution in [0.1, 0.15) is 11.1 Å². The molecule has 0 unspecified atom stereocenters. The van der Waals surface area contributed by atoms with E-state index >= 15 is 0 Å². The number of hydrogen-bond donors (Lipinski definition) is 2. The molecule has 0 aliphatic carbocycles. The SMILES string of the molecule is COCc1ccccc1NC(N)=NCCc1cc(OC)ccc1OC.I. The van der Waals surface area contributed by atoms with E-state index in [1.54, 1.807) is 21.3 Å². The number of aliphatic imine (C=N–C) groups is 1. The Hall–Kier alpha value is -2.00. The van der Waals surface area contributed by atoms with Crippen molar-refractivity contribution in [1.82, 2.24) is 0 Å². The average Bonchev–Trinajstić information content (AvgIpc) is 2.63. The third-order valence-corrected chi connectivity index (χ3v) is 3.73. The molecule has 0 atom stereocenters. The van der Waals surface area contributed by atoms with Crippen molar-refractivity contribution in [2.45, 2.75) is 13.0 Å². The van der Waals surface area contributed by atoms with Crippen LogP contribution in [0.5, 0.6) is 11.5 Å². The lowest BCUT2D eigenvalue weighted by Crippen LogP contribution is -2.23. The van der Waals surface area contributed by atoms with Crippen LogP contribution in [0.3, 0.4) is 0 Å². The van der Waals surface area contributed by atoms with Gasteiger partial charge in [0.25, 0.3) is 0 Å². The zero-order valence-corrected chi connectivity index (χ0v) is 17.7. The maximum absolute atomic E-state index is 6.00. The number of methoxy groups -OCH3 is 3. The summed E-state index contributed by atoms with van der Waals surface area (Å²) < 4.78 is 15.8. The molecule has 0 aliphatic rings. The Kier molecular flexibility index (Phi) is 9.82. The van der Waals surface area contributed by atoms with Crippen LogP contribution in [-0.2, 0) is 17.8 Å². The van der Waals surface area contributed by atoms with Crippen molar-refractivity contribution in [3.8, 4) is 11.5 Å². The minimum Gasteiger partial charge on any atom is -0.497 e. The van der Waals surface area contributed by atoms with Crippen molar-refractivity contribution >= 4 is 35.6 Å². The summed E-state index contributed by atoms with van der Waals surface area (Å²) in [7, 11) is 4.95. The molecule has 26 heavy (non-hydrogen) atoms. The number of hydrogen-bond acceptors (Lipinski definition) is 4. The fourth-order valence-electron chi connectivity index (χ4n) is 2.48. The summed E-state index contributed by atoms with van der Waals surface area (Å²) in [5.74, 6) is 1.97. The standard InChI is InChI=1S/C19H25N3O3.HI/c1-23-13-15-6-4-5-7-17(15)22-19(20)21-11-10-14-12-16(24-2)8-9-18(14)25-3;/h4-9,12H,10-11,13H2,1-3H3,(H3,20,21,22);1H. The second-order valence-electron chi connectivity index (χ2n) is 5.41. The number of benzene rings is 2. The van der Waals surface area contributed by atoms with Crippen LogP contribution >= 0.6 is 24.0 Å². The summed E-state index contributed by atoms with van der Waals surface area (Å²) >= 11 is 0. The molecule has 3 N–H and O–H groups in total. The van der Waals surface area contributed by atoms with Crippen LogP contribution in [0.15, 0.2) is 47.5 Å². The molecule has 0 bridgehead atoms. The lowest BCUT2D eigenvalue weighted by Gasteiger charge is -2.11. The van der Waals surface area contributed by atoms with Crippen molar-refractivity contribution in [1.29, 1.82) is 0 Å². The third kappa shape index (κ3) is 6.38. The molecule has 0 saturated heterocycles. The summed E-state index contributed by atoms with van der Waals surface area (Å²) in [6, 6.07) is 13.5. The maximum Gasteiger partial charge on any atom is 0.193 e. The Balaban J connectivity index is 0.00000338. The van der Waals surface area contributed by atoms with Crippen LogP contribution in [0.4, 0.5) is 5.69 Å². The molecular weight excluding hydrogens is 445 g/mol. The van der Waals surface area contributed by atoms with Gasteiger partial charge in [0.1, 0.15) is 11.5 Å². The number of nitrogens with two attached hydrogens (primary N) is 1. The smallest absolute Gasteiger partial charge is 0.193 e. The molecule has 0 saturated carbocycles. The molecule has 0 heterocycles. The highest BCUT2D eigenvalue weighted by Gasteiger charge is 2.06. The number of para-hydroxylation sites is 1. The van der Waals surface area contributed by atoms with E-state index in [1.165, 1.54) is 0 Å². The molecule has 2 aromatic rings. The fraction of sp³-hybridized carbons (Fsp3) is 0.316. The van der Waals surface area contributed by atoms with Crippen LogP contribution in [-0.4, -0.2) is 33.8 Å². The van der Waals surface area contributed by atoms with E-state index in [4.69, 9.17) is 19.9 Å². The van der Waals surface area contributed by atoms with Gasteiger partial charge in [-0.15, -0.1) is 24.0 Å². The summed E-state index contributed by atoms with van der Waals surface area (Å²) in [6.07, 6.45) is 0.697. The van der Waals surface area contributed by atoms with Gasteiger partial charge in [-0.05, 0) is 36.2 Å². The molecule has 142 valence electrons. The molecule has 0 aliphatic heterocycles. The topological polar surface area (TPSA) is 78.1 Å². The quantitative estimate of drug-likeness (QED) is 0.351. The van der Waals surface area contributed by atoms with Gasteiger partial charge < -0.3 is 25.3 Å². The van der Waals surface area contributed by atoms with Crippen molar-refractivity contribution in [3.63, 3.8) is 0 Å². The second kappa shape index (κ2) is 11.6. The van der Waals surface area contributed by atoms with Gasteiger partial charge in [-0.2, -0.15) is 0 Å². The monoisotopic (exact) mass is 471 g/mol. The van der Waals surface area contributed by atoms with Gasteiger partial charge >= 0.3 is 0 Å². The first-order chi connectivity index (χ1) is 12.2. The van der Waals surface area contributed by atoms with Crippen molar-refractivity contribution in [2.75, 3.05) is 33.2 Å². The lowest BCUT2D eigenvalue weighted by molar-refractivity contribution is 0.185. The number of rotatable bonds is 8. The second-order valence-corrected chi connectivity index (χ2v) is 5.41. The van der Waals surface area contributed by atoms with Gasteiger partial charge in [0.15, 0.2) is 5.96 Å². The maximum atomic E-state index is 6.00. The molecule has 6 nitrogen and oxygen atoms in total. The van der Waals surface area contributed by atoms with Crippen LogP contribution in [0.25, 0.3) is 0 Å². The first kappa shape index (κ1) is 22.0. The van der Waals surface area contributed by atoms with Crippen molar-refractivity contribution < 1.29 is 14.2 Å². The van der Waals surface area contributed by atoms with Crippen molar-refractivity contribution in [2.24, 2.45) is 10.7 Å². The van der Waals surface area contributed by atoms with Crippen LogP contribution < -0.4 is 20.5 Å². The van der Waals surface area contributed by atoms with Crippen LogP contribution in [0.2, 0.25) is 0 Å². The summed E-state index contributed by atoms with van der Waals surface area (Å²) in [4.78, 5) is 4.39.